The quantitative estimate of drug-likeness (QED) is 0.161. The highest BCUT2D eigenvalue weighted by Crippen LogP contribution is 2.56. The summed E-state index contributed by atoms with van der Waals surface area (Å²) >= 11 is 0. The highest BCUT2D eigenvalue weighted by Gasteiger charge is 2.50. The van der Waals surface area contributed by atoms with Gasteiger partial charge >= 0.3 is 0 Å². The second-order valence-corrected chi connectivity index (χ2v) is 25.4. The molecule has 3 heteroatoms. The molecule has 3 aliphatic carbocycles. The lowest BCUT2D eigenvalue weighted by Crippen LogP contribution is -2.61. The van der Waals surface area contributed by atoms with Crippen LogP contribution >= 0.6 is 0 Å². The minimum Gasteiger partial charge on any atom is -0.311 e. The molecule has 0 amide bonds. The minimum atomic E-state index is 0.00720. The lowest BCUT2D eigenvalue weighted by Gasteiger charge is -2.46. The van der Waals surface area contributed by atoms with E-state index in [-0.39, 0.29) is 44.6 Å². The van der Waals surface area contributed by atoms with Crippen molar-refractivity contribution in [3.8, 4) is 0 Å². The fourth-order valence-electron chi connectivity index (χ4n) is 13.7. The SMILES string of the molecule is Cc1cc2c3c(c1)N(c1cc4c(cc1C)C(C)(C)CC4(C)C)c1cc4c(cc1B3c1cc(C(C)(C)C)ccc1N2c1ccc2c(c1)C(C)(C)CCC2(C)C)C(C)(C)CC4(C)C. The average molecular weight is 807 g/mol. The van der Waals surface area contributed by atoms with Gasteiger partial charge in [-0.2, -0.15) is 0 Å². The van der Waals surface area contributed by atoms with E-state index in [1.54, 1.807) is 0 Å². The Morgan fingerprint density at radius 1 is 0.443 bits per heavy atom. The van der Waals surface area contributed by atoms with Gasteiger partial charge in [0.2, 0.25) is 0 Å². The molecule has 0 bridgehead atoms. The normalized spacial score (nSPS) is 21.3. The fourth-order valence-corrected chi connectivity index (χ4v) is 13.7. The molecule has 5 aromatic carbocycles. The van der Waals surface area contributed by atoms with Crippen LogP contribution in [0.3, 0.4) is 0 Å². The fraction of sp³-hybridized carbons (Fsp3) is 0.483. The number of nitrogens with zero attached hydrogens (tertiary/aromatic N) is 2. The van der Waals surface area contributed by atoms with Gasteiger partial charge in [-0.3, -0.25) is 0 Å². The summed E-state index contributed by atoms with van der Waals surface area (Å²) in [4.78, 5) is 5.39. The van der Waals surface area contributed by atoms with Crippen molar-refractivity contribution in [2.24, 2.45) is 0 Å². The van der Waals surface area contributed by atoms with Gasteiger partial charge in [-0.1, -0.05) is 134 Å². The van der Waals surface area contributed by atoms with Crippen LogP contribution in [0.25, 0.3) is 0 Å². The summed E-state index contributed by atoms with van der Waals surface area (Å²) in [5, 5.41) is 0. The van der Waals surface area contributed by atoms with Gasteiger partial charge in [0.15, 0.2) is 0 Å². The largest absolute Gasteiger partial charge is 0.311 e. The molecule has 0 N–H and O–H groups in total. The monoisotopic (exact) mass is 807 g/mol. The summed E-state index contributed by atoms with van der Waals surface area (Å²) in [5.74, 6) is 0. The van der Waals surface area contributed by atoms with Crippen molar-refractivity contribution in [1.82, 2.24) is 0 Å². The van der Waals surface area contributed by atoms with E-state index in [0.29, 0.717) is 0 Å². The van der Waals surface area contributed by atoms with Gasteiger partial charge in [0.05, 0.1) is 0 Å². The van der Waals surface area contributed by atoms with E-state index in [0.717, 1.165) is 12.8 Å². The zero-order valence-corrected chi connectivity index (χ0v) is 40.7. The standard InChI is InChI=1S/C58H71BN2/c1-34-24-49-51-50(25-34)61(47-30-42-39(26-35(47)2)55(10,11)32-57(42,14)15)48-31-43-41(56(12,13)33-58(43,16)17)29-45(48)59(51)44-27-36(52(3,4)5)18-21-46(44)60(49)37-19-20-38-40(28-37)54(8,9)23-22-53(38,6)7/h18-21,24-31H,22-23,32-33H2,1-17H3. The van der Waals surface area contributed by atoms with Gasteiger partial charge in [-0.25, -0.2) is 0 Å². The third-order valence-corrected chi connectivity index (χ3v) is 16.6. The first kappa shape index (κ1) is 40.8. The van der Waals surface area contributed by atoms with Crippen LogP contribution in [-0.4, -0.2) is 6.71 Å². The molecule has 5 aromatic rings. The first-order valence-corrected chi connectivity index (χ1v) is 23.5. The Morgan fingerprint density at radius 2 is 0.934 bits per heavy atom. The Balaban J connectivity index is 1.33. The Kier molecular flexibility index (Phi) is 8.21. The summed E-state index contributed by atoms with van der Waals surface area (Å²) in [6, 6.07) is 30.5. The maximum Gasteiger partial charge on any atom is 0.252 e. The number of anilines is 6. The van der Waals surface area contributed by atoms with Gasteiger partial charge in [0, 0.05) is 34.1 Å². The molecule has 2 aliphatic heterocycles. The number of hydrogen-bond donors (Lipinski definition) is 0. The van der Waals surface area contributed by atoms with E-state index < -0.39 is 0 Å². The minimum absolute atomic E-state index is 0.00720. The summed E-state index contributed by atoms with van der Waals surface area (Å²) in [6.07, 6.45) is 4.71. The molecule has 316 valence electrons. The number of hydrogen-bond acceptors (Lipinski definition) is 2. The maximum atomic E-state index is 2.73. The molecule has 0 saturated heterocycles. The highest BCUT2D eigenvalue weighted by molar-refractivity contribution is 7.00. The highest BCUT2D eigenvalue weighted by atomic mass is 15.2. The Morgan fingerprint density at radius 3 is 1.52 bits per heavy atom. The molecule has 61 heavy (non-hydrogen) atoms. The summed E-state index contributed by atoms with van der Waals surface area (Å²) in [5.41, 5.74) is 26.0. The molecule has 0 saturated carbocycles. The van der Waals surface area contributed by atoms with Crippen molar-refractivity contribution in [2.75, 3.05) is 9.80 Å². The summed E-state index contributed by atoms with van der Waals surface area (Å²) in [7, 11) is 0. The van der Waals surface area contributed by atoms with Gasteiger partial charge in [0.1, 0.15) is 0 Å². The predicted octanol–water partition coefficient (Wildman–Crippen LogP) is 14.0. The molecular weight excluding hydrogens is 735 g/mol. The Labute approximate surface area is 369 Å². The second-order valence-electron chi connectivity index (χ2n) is 25.4. The van der Waals surface area contributed by atoms with E-state index in [4.69, 9.17) is 0 Å². The van der Waals surface area contributed by atoms with Crippen LogP contribution in [0.1, 0.15) is 180 Å². The van der Waals surface area contributed by atoms with Gasteiger partial charge in [-0.05, 0) is 186 Å². The second kappa shape index (κ2) is 12.3. The van der Waals surface area contributed by atoms with Crippen molar-refractivity contribution in [2.45, 2.75) is 181 Å². The van der Waals surface area contributed by atoms with E-state index in [9.17, 15) is 0 Å². The van der Waals surface area contributed by atoms with Gasteiger partial charge in [0.25, 0.3) is 6.71 Å². The predicted molar refractivity (Wildman–Crippen MR) is 265 cm³/mol. The Bertz CT molecular complexity index is 2730. The molecule has 0 unspecified atom stereocenters. The van der Waals surface area contributed by atoms with Crippen molar-refractivity contribution >= 4 is 57.2 Å². The average Bonchev–Trinajstić information content (AvgIpc) is 3.44. The lowest BCUT2D eigenvalue weighted by molar-refractivity contribution is 0.332. The zero-order valence-electron chi connectivity index (χ0n) is 40.7. The molecule has 0 spiro atoms. The molecule has 5 aliphatic rings. The van der Waals surface area contributed by atoms with Gasteiger partial charge in [-0.15, -0.1) is 0 Å². The lowest BCUT2D eigenvalue weighted by atomic mass is 9.33. The van der Waals surface area contributed by atoms with Crippen molar-refractivity contribution in [3.63, 3.8) is 0 Å². The smallest absolute Gasteiger partial charge is 0.252 e. The van der Waals surface area contributed by atoms with Crippen LogP contribution in [0.4, 0.5) is 34.1 Å². The van der Waals surface area contributed by atoms with Crippen molar-refractivity contribution < 1.29 is 0 Å². The van der Waals surface area contributed by atoms with E-state index in [1.807, 2.05) is 0 Å². The molecule has 0 atom stereocenters. The molecule has 0 radical (unpaired) electrons. The topological polar surface area (TPSA) is 6.48 Å². The third-order valence-electron chi connectivity index (χ3n) is 16.6. The summed E-state index contributed by atoms with van der Waals surface area (Å²) in [6.45, 7) is 41.5. The van der Waals surface area contributed by atoms with E-state index in [2.05, 4.69) is 200 Å². The van der Waals surface area contributed by atoms with Crippen LogP contribution in [0.5, 0.6) is 0 Å². The first-order valence-electron chi connectivity index (χ1n) is 23.5. The van der Waals surface area contributed by atoms with E-state index >= 15 is 0 Å². The van der Waals surface area contributed by atoms with Crippen molar-refractivity contribution in [1.29, 1.82) is 0 Å². The Hall–Kier alpha value is -4.24. The molecule has 0 fully saturated rings. The molecule has 2 nitrogen and oxygen atoms in total. The van der Waals surface area contributed by atoms with Crippen LogP contribution in [-0.2, 0) is 37.9 Å². The molecule has 10 rings (SSSR count). The number of benzene rings is 5. The number of fused-ring (bicyclic) bond motifs is 7. The number of rotatable bonds is 2. The van der Waals surface area contributed by atoms with Gasteiger partial charge < -0.3 is 9.80 Å². The summed E-state index contributed by atoms with van der Waals surface area (Å²) < 4.78 is 0. The third kappa shape index (κ3) is 5.80. The van der Waals surface area contributed by atoms with Crippen LogP contribution in [0.2, 0.25) is 0 Å². The van der Waals surface area contributed by atoms with Crippen LogP contribution < -0.4 is 26.2 Å². The first-order chi connectivity index (χ1) is 28.1. The van der Waals surface area contributed by atoms with Crippen LogP contribution in [0, 0.1) is 13.8 Å². The number of aryl methyl sites for hydroxylation is 2. The molecular formula is C58H71BN2. The molecule has 0 aromatic heterocycles. The molecule has 2 heterocycles. The maximum absolute atomic E-state index is 2.73. The zero-order chi connectivity index (χ0) is 43.9. The van der Waals surface area contributed by atoms with Crippen LogP contribution in [0.15, 0.2) is 72.8 Å². The van der Waals surface area contributed by atoms with Crippen molar-refractivity contribution in [3.05, 3.63) is 123 Å². The van der Waals surface area contributed by atoms with E-state index in [1.165, 1.54) is 113 Å².